The molecule has 8 nitrogen and oxygen atoms in total. The number of Topliss-reactive ketones (excluding diaryl/α,β-unsaturated/α-hetero) is 2. The Bertz CT molecular complexity index is 1120. The van der Waals surface area contributed by atoms with Crippen LogP contribution in [0.2, 0.25) is 0 Å². The fraction of sp³-hybridized carbons (Fsp3) is 0.280. The van der Waals surface area contributed by atoms with E-state index in [1.807, 2.05) is 23.3 Å². The molecule has 0 aliphatic carbocycles. The Hall–Kier alpha value is -3.94. The van der Waals surface area contributed by atoms with Gasteiger partial charge in [-0.25, -0.2) is 4.57 Å². The molecule has 1 aliphatic heterocycles. The van der Waals surface area contributed by atoms with E-state index in [0.29, 0.717) is 36.6 Å². The van der Waals surface area contributed by atoms with Gasteiger partial charge in [-0.15, -0.1) is 0 Å². The summed E-state index contributed by atoms with van der Waals surface area (Å²) >= 11 is 0. The smallest absolute Gasteiger partial charge is 0.291 e. The number of aryl methyl sites for hydroxylation is 1. The van der Waals surface area contributed by atoms with Gasteiger partial charge in [-0.2, -0.15) is 0 Å². The van der Waals surface area contributed by atoms with Crippen molar-refractivity contribution in [2.45, 2.75) is 19.0 Å². The lowest BCUT2D eigenvalue weighted by molar-refractivity contribution is -0.695. The molecule has 2 heterocycles. The molecule has 1 aliphatic rings. The third-order valence-corrected chi connectivity index (χ3v) is 5.94. The van der Waals surface area contributed by atoms with Gasteiger partial charge < -0.3 is 14.4 Å². The number of amides is 1. The first-order chi connectivity index (χ1) is 16.0. The monoisotopic (exact) mass is 448 g/mol. The van der Waals surface area contributed by atoms with Gasteiger partial charge in [0.05, 0.1) is 26.8 Å². The van der Waals surface area contributed by atoms with Crippen LogP contribution in [0.3, 0.4) is 0 Å². The third kappa shape index (κ3) is 4.50. The first kappa shape index (κ1) is 22.3. The minimum Gasteiger partial charge on any atom is -0.497 e. The second kappa shape index (κ2) is 9.68. The average Bonchev–Trinajstić information content (AvgIpc) is 3.46. The van der Waals surface area contributed by atoms with Crippen molar-refractivity contribution >= 4 is 17.5 Å². The van der Waals surface area contributed by atoms with E-state index in [1.54, 1.807) is 62.8 Å². The summed E-state index contributed by atoms with van der Waals surface area (Å²) in [7, 11) is 3.11. The molecule has 0 spiro atoms. The van der Waals surface area contributed by atoms with Crippen LogP contribution < -0.4 is 14.0 Å². The van der Waals surface area contributed by atoms with Crippen molar-refractivity contribution in [3.05, 3.63) is 78.4 Å². The van der Waals surface area contributed by atoms with Gasteiger partial charge >= 0.3 is 0 Å². The standard InChI is InChI=1S/C25H25N3O5/c1-32-19-8-4-17(5-9-19)22-21(23(29)18-6-10-20(33-2)11-7-18)24(30)25(31)28(22)14-3-13-27-15-12-26-16-27/h4-12,15-16,21-22H,3,13-14H2,1-2H3/p+1. The van der Waals surface area contributed by atoms with Crippen molar-refractivity contribution in [2.24, 2.45) is 5.92 Å². The number of ketones is 2. The normalized spacial score (nSPS) is 17.9. The number of likely N-dealkylation sites (tertiary alicyclic amines) is 1. The predicted octanol–water partition coefficient (Wildman–Crippen LogP) is 2.36. The number of rotatable bonds is 9. The molecule has 2 aromatic carbocycles. The molecule has 4 rings (SSSR count). The zero-order valence-corrected chi connectivity index (χ0v) is 18.6. The van der Waals surface area contributed by atoms with Crippen molar-refractivity contribution in [1.29, 1.82) is 0 Å². The lowest BCUT2D eigenvalue weighted by Gasteiger charge is -2.27. The summed E-state index contributed by atoms with van der Waals surface area (Å²) in [6.45, 7) is 1.03. The fourth-order valence-electron chi connectivity index (χ4n) is 4.22. The molecule has 3 aromatic rings. The minimum atomic E-state index is -1.11. The predicted molar refractivity (Wildman–Crippen MR) is 119 cm³/mol. The van der Waals surface area contributed by atoms with E-state index in [2.05, 4.69) is 4.98 Å². The van der Waals surface area contributed by atoms with Crippen molar-refractivity contribution in [3.8, 4) is 11.5 Å². The molecule has 0 bridgehead atoms. The van der Waals surface area contributed by atoms with E-state index in [9.17, 15) is 14.4 Å². The Morgan fingerprint density at radius 2 is 1.64 bits per heavy atom. The number of nitrogens with one attached hydrogen (secondary N) is 1. The molecule has 1 N–H and O–H groups in total. The number of ether oxygens (including phenoxy) is 2. The Balaban J connectivity index is 1.65. The largest absolute Gasteiger partial charge is 0.497 e. The van der Waals surface area contributed by atoms with Crippen LogP contribution in [0.25, 0.3) is 0 Å². The van der Waals surface area contributed by atoms with Gasteiger partial charge in [-0.3, -0.25) is 19.4 Å². The third-order valence-electron chi connectivity index (χ3n) is 5.94. The van der Waals surface area contributed by atoms with E-state index < -0.39 is 23.7 Å². The van der Waals surface area contributed by atoms with Gasteiger partial charge in [0.2, 0.25) is 12.1 Å². The van der Waals surface area contributed by atoms with Crippen LogP contribution >= 0.6 is 0 Å². The summed E-state index contributed by atoms with van der Waals surface area (Å²) in [4.78, 5) is 44.1. The minimum absolute atomic E-state index is 0.353. The maximum atomic E-state index is 13.4. The van der Waals surface area contributed by atoms with Gasteiger partial charge in [0.25, 0.3) is 5.91 Å². The van der Waals surface area contributed by atoms with Crippen molar-refractivity contribution in [1.82, 2.24) is 9.88 Å². The molecule has 1 aromatic heterocycles. The number of aromatic nitrogens is 2. The summed E-state index contributed by atoms with van der Waals surface area (Å²) in [5.41, 5.74) is 1.08. The lowest BCUT2D eigenvalue weighted by atomic mass is 9.86. The summed E-state index contributed by atoms with van der Waals surface area (Å²) < 4.78 is 12.4. The Morgan fingerprint density at radius 3 is 2.21 bits per heavy atom. The number of methoxy groups -OCH3 is 2. The zero-order valence-electron chi connectivity index (χ0n) is 18.6. The molecule has 2 unspecified atom stereocenters. The van der Waals surface area contributed by atoms with E-state index >= 15 is 0 Å². The lowest BCUT2D eigenvalue weighted by Crippen LogP contribution is -2.36. The van der Waals surface area contributed by atoms with Crippen molar-refractivity contribution < 1.29 is 28.4 Å². The Morgan fingerprint density at radius 1 is 1.00 bits per heavy atom. The molecule has 1 amide bonds. The number of nitrogens with zero attached hydrogens (tertiary/aromatic N) is 2. The number of aromatic amines is 1. The Kier molecular flexibility index (Phi) is 6.53. The van der Waals surface area contributed by atoms with Gasteiger partial charge in [-0.1, -0.05) is 12.1 Å². The molecular weight excluding hydrogens is 422 g/mol. The van der Waals surface area contributed by atoms with Gasteiger partial charge in [0.1, 0.15) is 29.8 Å². The summed E-state index contributed by atoms with van der Waals surface area (Å²) in [5.74, 6) is -1.52. The highest BCUT2D eigenvalue weighted by Crippen LogP contribution is 2.39. The van der Waals surface area contributed by atoms with E-state index in [-0.39, 0.29) is 5.78 Å². The summed E-state index contributed by atoms with van der Waals surface area (Å²) in [6, 6.07) is 13.0. The quantitative estimate of drug-likeness (QED) is 0.235. The van der Waals surface area contributed by atoms with Gasteiger partial charge in [-0.05, 0) is 42.0 Å². The second-order valence-corrected chi connectivity index (χ2v) is 7.85. The molecular formula is C25H26N3O5+. The molecule has 1 saturated heterocycles. The van der Waals surface area contributed by atoms with Gasteiger partial charge in [0.15, 0.2) is 5.78 Å². The van der Waals surface area contributed by atoms with Crippen LogP contribution in [0, 0.1) is 5.92 Å². The maximum absolute atomic E-state index is 13.4. The van der Waals surface area contributed by atoms with Crippen molar-refractivity contribution in [2.75, 3.05) is 20.8 Å². The number of hydrogen-bond acceptors (Lipinski definition) is 5. The van der Waals surface area contributed by atoms with E-state index in [1.165, 1.54) is 4.90 Å². The number of carbonyl (C=O) groups excluding carboxylic acids is 3. The van der Waals surface area contributed by atoms with Crippen LogP contribution in [0.1, 0.15) is 28.4 Å². The van der Waals surface area contributed by atoms with E-state index in [4.69, 9.17) is 9.47 Å². The highest BCUT2D eigenvalue weighted by Gasteiger charge is 2.51. The molecule has 1 fully saturated rings. The van der Waals surface area contributed by atoms with Crippen LogP contribution in [-0.4, -0.2) is 48.1 Å². The van der Waals surface area contributed by atoms with Crippen LogP contribution in [0.5, 0.6) is 11.5 Å². The number of imidazole rings is 1. The SMILES string of the molecule is COc1ccc(C(=O)C2C(=O)C(=O)N(CCC[n+]3cc[nH]c3)C2c2ccc(OC)cc2)cc1. The molecule has 0 radical (unpaired) electrons. The van der Waals surface area contributed by atoms with Crippen molar-refractivity contribution in [3.63, 3.8) is 0 Å². The number of H-pyrrole nitrogens is 1. The molecule has 0 saturated carbocycles. The summed E-state index contributed by atoms with van der Waals surface area (Å²) in [6.07, 6.45) is 6.17. The highest BCUT2D eigenvalue weighted by molar-refractivity contribution is 6.44. The summed E-state index contributed by atoms with van der Waals surface area (Å²) in [5, 5.41) is 0. The van der Waals surface area contributed by atoms with Crippen LogP contribution in [0.4, 0.5) is 0 Å². The highest BCUT2D eigenvalue weighted by atomic mass is 16.5. The van der Waals surface area contributed by atoms with Crippen LogP contribution in [-0.2, 0) is 16.1 Å². The fourth-order valence-corrected chi connectivity index (χ4v) is 4.22. The number of benzene rings is 2. The van der Waals surface area contributed by atoms with Gasteiger partial charge in [0, 0.05) is 18.5 Å². The maximum Gasteiger partial charge on any atom is 0.291 e. The topological polar surface area (TPSA) is 92.6 Å². The zero-order chi connectivity index (χ0) is 23.4. The first-order valence-corrected chi connectivity index (χ1v) is 10.7. The van der Waals surface area contributed by atoms with Crippen LogP contribution in [0.15, 0.2) is 67.3 Å². The Labute approximate surface area is 191 Å². The number of carbonyl (C=O) groups is 3. The molecule has 33 heavy (non-hydrogen) atoms. The molecule has 2 atom stereocenters. The van der Waals surface area contributed by atoms with E-state index in [0.717, 1.165) is 5.56 Å². The first-order valence-electron chi connectivity index (χ1n) is 10.7. The number of hydrogen-bond donors (Lipinski definition) is 1. The molecule has 170 valence electrons. The second-order valence-electron chi connectivity index (χ2n) is 7.85. The average molecular weight is 448 g/mol. The molecule has 8 heteroatoms.